The summed E-state index contributed by atoms with van der Waals surface area (Å²) in [6, 6.07) is 7.73. The summed E-state index contributed by atoms with van der Waals surface area (Å²) in [6.07, 6.45) is 4.88. The predicted molar refractivity (Wildman–Crippen MR) is 82.5 cm³/mol. The van der Waals surface area contributed by atoms with Crippen molar-refractivity contribution in [1.29, 1.82) is 0 Å². The maximum Gasteiger partial charge on any atom is 0.220 e. The maximum atomic E-state index is 11.9. The zero-order valence-corrected chi connectivity index (χ0v) is 12.5. The average Bonchev–Trinajstić information content (AvgIpc) is 2.34. The highest BCUT2D eigenvalue weighted by molar-refractivity contribution is 5.76. The van der Waals surface area contributed by atoms with Crippen LogP contribution in [0.3, 0.4) is 0 Å². The van der Waals surface area contributed by atoms with E-state index in [1.807, 2.05) is 24.3 Å². The van der Waals surface area contributed by atoms with Gasteiger partial charge in [0.05, 0.1) is 0 Å². The molecule has 0 bridgehead atoms. The Hall–Kier alpha value is -1.55. The van der Waals surface area contributed by atoms with Crippen LogP contribution in [0.5, 0.6) is 0 Å². The van der Waals surface area contributed by atoms with Gasteiger partial charge in [-0.15, -0.1) is 0 Å². The Morgan fingerprint density at radius 2 is 2.15 bits per heavy atom. The van der Waals surface area contributed by atoms with Crippen LogP contribution < -0.4 is 11.1 Å². The number of nitrogens with two attached hydrogens (primary N) is 1. The molecule has 0 radical (unpaired) electrons. The molecule has 4 nitrogen and oxygen atoms in total. The molecule has 20 heavy (non-hydrogen) atoms. The van der Waals surface area contributed by atoms with Crippen molar-refractivity contribution >= 4 is 11.6 Å². The Morgan fingerprint density at radius 3 is 2.70 bits per heavy atom. The summed E-state index contributed by atoms with van der Waals surface area (Å²) in [5.41, 5.74) is 7.79. The summed E-state index contributed by atoms with van der Waals surface area (Å²) in [6.45, 7) is 0.760. The minimum Gasteiger partial charge on any atom is -0.399 e. The number of hydrogen-bond acceptors (Lipinski definition) is 3. The number of nitrogens with one attached hydrogen (secondary N) is 1. The van der Waals surface area contributed by atoms with Crippen LogP contribution in [-0.2, 0) is 11.2 Å². The lowest BCUT2D eigenvalue weighted by Crippen LogP contribution is -2.57. The van der Waals surface area contributed by atoms with E-state index in [4.69, 9.17) is 5.73 Å². The van der Waals surface area contributed by atoms with E-state index in [1.54, 1.807) is 0 Å². The fourth-order valence-electron chi connectivity index (χ4n) is 2.72. The lowest BCUT2D eigenvalue weighted by atomic mass is 9.75. The van der Waals surface area contributed by atoms with Crippen molar-refractivity contribution in [2.75, 3.05) is 26.4 Å². The number of anilines is 1. The summed E-state index contributed by atoms with van der Waals surface area (Å²) in [4.78, 5) is 14.2. The molecule has 3 N–H and O–H groups in total. The molecule has 0 spiro atoms. The van der Waals surface area contributed by atoms with Gasteiger partial charge in [0.2, 0.25) is 5.91 Å². The molecule has 0 aromatic heterocycles. The van der Waals surface area contributed by atoms with Gasteiger partial charge in [-0.3, -0.25) is 4.79 Å². The van der Waals surface area contributed by atoms with Crippen LogP contribution in [0.1, 0.15) is 31.2 Å². The third-order valence-electron chi connectivity index (χ3n) is 4.44. The van der Waals surface area contributed by atoms with Crippen LogP contribution in [0.4, 0.5) is 5.69 Å². The van der Waals surface area contributed by atoms with Crippen molar-refractivity contribution in [2.24, 2.45) is 0 Å². The number of carbonyl (C=O) groups excluding carboxylic acids is 1. The Morgan fingerprint density at radius 1 is 1.40 bits per heavy atom. The van der Waals surface area contributed by atoms with E-state index in [0.717, 1.165) is 24.2 Å². The standard InChI is InChI=1S/C16H25N3O/c1-19(2)16(9-4-10-16)12-18-15(20)8-7-13-5-3-6-14(17)11-13/h3,5-6,11H,4,7-10,12,17H2,1-2H3,(H,18,20). The molecular formula is C16H25N3O. The number of amides is 1. The summed E-state index contributed by atoms with van der Waals surface area (Å²) in [5, 5.41) is 3.08. The lowest BCUT2D eigenvalue weighted by molar-refractivity contribution is -0.122. The molecule has 4 heteroatoms. The van der Waals surface area contributed by atoms with E-state index in [0.29, 0.717) is 6.42 Å². The van der Waals surface area contributed by atoms with Gasteiger partial charge in [-0.05, 0) is 57.5 Å². The molecule has 1 aromatic carbocycles. The molecule has 2 rings (SSSR count). The fraction of sp³-hybridized carbons (Fsp3) is 0.562. The number of benzene rings is 1. The topological polar surface area (TPSA) is 58.4 Å². The minimum absolute atomic E-state index is 0.126. The zero-order valence-electron chi connectivity index (χ0n) is 12.5. The summed E-state index contributed by atoms with van der Waals surface area (Å²) < 4.78 is 0. The van der Waals surface area contributed by atoms with Crippen molar-refractivity contribution < 1.29 is 4.79 Å². The number of nitrogens with zero attached hydrogens (tertiary/aromatic N) is 1. The van der Waals surface area contributed by atoms with Gasteiger partial charge in [0.15, 0.2) is 0 Å². The Labute approximate surface area is 121 Å². The third kappa shape index (κ3) is 3.51. The van der Waals surface area contributed by atoms with Crippen molar-refractivity contribution in [3.05, 3.63) is 29.8 Å². The molecule has 1 saturated carbocycles. The van der Waals surface area contributed by atoms with E-state index < -0.39 is 0 Å². The van der Waals surface area contributed by atoms with Gasteiger partial charge in [-0.1, -0.05) is 12.1 Å². The van der Waals surface area contributed by atoms with Crippen molar-refractivity contribution in [3.8, 4) is 0 Å². The Balaban J connectivity index is 1.76. The maximum absolute atomic E-state index is 11.9. The Bertz CT molecular complexity index is 467. The highest BCUT2D eigenvalue weighted by Gasteiger charge is 2.38. The van der Waals surface area contributed by atoms with Gasteiger partial charge >= 0.3 is 0 Å². The highest BCUT2D eigenvalue weighted by Crippen LogP contribution is 2.35. The molecule has 1 aliphatic rings. The number of rotatable bonds is 6. The molecule has 1 aliphatic carbocycles. The van der Waals surface area contributed by atoms with Crippen molar-refractivity contribution in [3.63, 3.8) is 0 Å². The predicted octanol–water partition coefficient (Wildman–Crippen LogP) is 1.80. The van der Waals surface area contributed by atoms with Crippen LogP contribution in [0.2, 0.25) is 0 Å². The van der Waals surface area contributed by atoms with E-state index in [1.165, 1.54) is 19.3 Å². The second kappa shape index (κ2) is 6.27. The Kier molecular flexibility index (Phi) is 4.65. The molecule has 0 unspecified atom stereocenters. The molecule has 1 fully saturated rings. The van der Waals surface area contributed by atoms with E-state index in [-0.39, 0.29) is 11.4 Å². The molecule has 110 valence electrons. The number of nitrogen functional groups attached to an aromatic ring is 1. The van der Waals surface area contributed by atoms with Crippen LogP contribution in [0.15, 0.2) is 24.3 Å². The minimum atomic E-state index is 0.126. The first-order valence-electron chi connectivity index (χ1n) is 7.30. The normalized spacial score (nSPS) is 16.8. The molecular weight excluding hydrogens is 250 g/mol. The smallest absolute Gasteiger partial charge is 0.220 e. The van der Waals surface area contributed by atoms with Crippen LogP contribution in [0.25, 0.3) is 0 Å². The molecule has 0 atom stereocenters. The van der Waals surface area contributed by atoms with Gasteiger partial charge in [-0.2, -0.15) is 0 Å². The highest BCUT2D eigenvalue weighted by atomic mass is 16.1. The summed E-state index contributed by atoms with van der Waals surface area (Å²) in [5.74, 6) is 0.126. The number of likely N-dealkylation sites (N-methyl/N-ethyl adjacent to an activating group) is 1. The second-order valence-corrected chi connectivity index (χ2v) is 5.99. The number of carbonyl (C=O) groups is 1. The average molecular weight is 275 g/mol. The van der Waals surface area contributed by atoms with Crippen molar-refractivity contribution in [2.45, 2.75) is 37.6 Å². The quantitative estimate of drug-likeness (QED) is 0.778. The van der Waals surface area contributed by atoms with Gasteiger partial charge in [0.25, 0.3) is 0 Å². The van der Waals surface area contributed by atoms with Gasteiger partial charge in [0, 0.05) is 24.2 Å². The molecule has 1 amide bonds. The summed E-state index contributed by atoms with van der Waals surface area (Å²) >= 11 is 0. The zero-order chi connectivity index (χ0) is 14.6. The number of hydrogen-bond donors (Lipinski definition) is 2. The van der Waals surface area contributed by atoms with Crippen LogP contribution >= 0.6 is 0 Å². The first kappa shape index (κ1) is 14.9. The van der Waals surface area contributed by atoms with E-state index in [9.17, 15) is 4.79 Å². The number of aryl methyl sites for hydroxylation is 1. The first-order chi connectivity index (χ1) is 9.52. The van der Waals surface area contributed by atoms with Gasteiger partial charge in [-0.25, -0.2) is 0 Å². The molecule has 0 heterocycles. The van der Waals surface area contributed by atoms with E-state index in [2.05, 4.69) is 24.3 Å². The first-order valence-corrected chi connectivity index (χ1v) is 7.30. The molecule has 1 aromatic rings. The monoisotopic (exact) mass is 275 g/mol. The van der Waals surface area contributed by atoms with Crippen LogP contribution in [0, 0.1) is 0 Å². The van der Waals surface area contributed by atoms with Crippen molar-refractivity contribution in [1.82, 2.24) is 10.2 Å². The largest absolute Gasteiger partial charge is 0.399 e. The fourth-order valence-corrected chi connectivity index (χ4v) is 2.72. The van der Waals surface area contributed by atoms with E-state index >= 15 is 0 Å². The van der Waals surface area contributed by atoms with Gasteiger partial charge < -0.3 is 16.0 Å². The second-order valence-electron chi connectivity index (χ2n) is 5.99. The van der Waals surface area contributed by atoms with Crippen LogP contribution in [-0.4, -0.2) is 37.0 Å². The van der Waals surface area contributed by atoms with Gasteiger partial charge in [0.1, 0.15) is 0 Å². The third-order valence-corrected chi connectivity index (χ3v) is 4.44. The lowest BCUT2D eigenvalue weighted by Gasteiger charge is -2.47. The summed E-state index contributed by atoms with van der Waals surface area (Å²) in [7, 11) is 4.19. The SMILES string of the molecule is CN(C)C1(CNC(=O)CCc2cccc(N)c2)CCC1. The molecule has 0 saturated heterocycles. The molecule has 0 aliphatic heterocycles.